The Morgan fingerprint density at radius 3 is 2.64 bits per heavy atom. The second-order valence-electron chi connectivity index (χ2n) is 12.9. The predicted octanol–water partition coefficient (Wildman–Crippen LogP) is 5.72. The van der Waals surface area contributed by atoms with Gasteiger partial charge in [-0.3, -0.25) is 4.90 Å². The molecular formula is C33H43NO4S. The highest BCUT2D eigenvalue weighted by atomic mass is 32.2. The van der Waals surface area contributed by atoms with Gasteiger partial charge in [0.1, 0.15) is 23.2 Å². The van der Waals surface area contributed by atoms with Crippen molar-refractivity contribution in [3.8, 4) is 11.5 Å². The molecule has 5 nitrogen and oxygen atoms in total. The molecule has 2 aromatic rings. The van der Waals surface area contributed by atoms with Gasteiger partial charge < -0.3 is 18.8 Å². The lowest BCUT2D eigenvalue weighted by Crippen LogP contribution is -2.72. The summed E-state index contributed by atoms with van der Waals surface area (Å²) in [6.45, 7) is 4.70. The number of rotatable bonds is 11. The first kappa shape index (κ1) is 26.2. The minimum absolute atomic E-state index is 0.0547. The van der Waals surface area contributed by atoms with E-state index >= 15 is 0 Å². The molecule has 8 rings (SSSR count). The molecule has 0 aromatic heterocycles. The number of hydrogen-bond acceptors (Lipinski definition) is 5. The fourth-order valence-electron chi connectivity index (χ4n) is 9.10. The van der Waals surface area contributed by atoms with Crippen molar-refractivity contribution in [1.82, 2.24) is 4.90 Å². The van der Waals surface area contributed by atoms with Crippen molar-refractivity contribution in [2.75, 3.05) is 33.1 Å². The predicted molar refractivity (Wildman–Crippen MR) is 155 cm³/mol. The van der Waals surface area contributed by atoms with Crippen LogP contribution in [0.25, 0.3) is 0 Å². The maximum atomic E-state index is 13.7. The van der Waals surface area contributed by atoms with E-state index in [1.54, 1.807) is 7.11 Å². The fraction of sp³-hybridized carbons (Fsp3) is 0.636. The van der Waals surface area contributed by atoms with E-state index in [1.807, 2.05) is 25.3 Å². The third-order valence-corrected chi connectivity index (χ3v) is 12.3. The topological polar surface area (TPSA) is 54.0 Å². The van der Waals surface area contributed by atoms with Crippen molar-refractivity contribution in [2.24, 2.45) is 17.3 Å². The molecule has 2 unspecified atom stereocenters. The van der Waals surface area contributed by atoms with Gasteiger partial charge in [0, 0.05) is 42.7 Å². The largest absolute Gasteiger partial charge is 0.616 e. The molecule has 0 saturated heterocycles. The van der Waals surface area contributed by atoms with Gasteiger partial charge in [0.15, 0.2) is 11.5 Å². The second kappa shape index (κ2) is 9.97. The van der Waals surface area contributed by atoms with Crippen molar-refractivity contribution in [1.29, 1.82) is 0 Å². The first-order valence-electron chi connectivity index (χ1n) is 15.1. The zero-order valence-corrected chi connectivity index (χ0v) is 24.5. The summed E-state index contributed by atoms with van der Waals surface area (Å²) >= 11 is -0.965. The van der Waals surface area contributed by atoms with Crippen LogP contribution in [-0.4, -0.2) is 60.3 Å². The van der Waals surface area contributed by atoms with Gasteiger partial charge >= 0.3 is 0 Å². The van der Waals surface area contributed by atoms with E-state index in [0.717, 1.165) is 55.2 Å². The van der Waals surface area contributed by atoms with Gasteiger partial charge in [-0.2, -0.15) is 0 Å². The Bertz CT molecular complexity index is 1200. The van der Waals surface area contributed by atoms with E-state index in [4.69, 9.17) is 14.2 Å². The third-order valence-electron chi connectivity index (χ3n) is 10.9. The fourth-order valence-corrected chi connectivity index (χ4v) is 10.6. The van der Waals surface area contributed by atoms with Crippen LogP contribution in [0.15, 0.2) is 42.5 Å². The number of nitrogens with zero attached hydrogens (tertiary/aromatic N) is 1. The van der Waals surface area contributed by atoms with Crippen LogP contribution in [0.4, 0.5) is 0 Å². The van der Waals surface area contributed by atoms with E-state index < -0.39 is 16.8 Å². The number of hydrogen-bond donors (Lipinski definition) is 0. The average molecular weight is 550 g/mol. The maximum Gasteiger partial charge on any atom is 0.165 e. The van der Waals surface area contributed by atoms with E-state index in [0.29, 0.717) is 23.5 Å². The summed E-state index contributed by atoms with van der Waals surface area (Å²) in [5.74, 6) is 4.43. The van der Waals surface area contributed by atoms with E-state index in [9.17, 15) is 4.55 Å². The molecule has 2 bridgehead atoms. The lowest BCUT2D eigenvalue weighted by Gasteiger charge is -2.66. The van der Waals surface area contributed by atoms with Gasteiger partial charge in [-0.05, 0) is 85.6 Å². The minimum Gasteiger partial charge on any atom is -0.616 e. The molecule has 6 heteroatoms. The first-order chi connectivity index (χ1) is 19.0. The van der Waals surface area contributed by atoms with E-state index in [-0.39, 0.29) is 17.4 Å². The van der Waals surface area contributed by atoms with Crippen molar-refractivity contribution in [3.05, 3.63) is 59.2 Å². The summed E-state index contributed by atoms with van der Waals surface area (Å²) in [6, 6.07) is 15.2. The number of ether oxygens (including phenoxy) is 3. The van der Waals surface area contributed by atoms with Gasteiger partial charge in [0.25, 0.3) is 0 Å². The number of benzene rings is 2. The molecular weight excluding hydrogens is 506 g/mol. The Morgan fingerprint density at radius 2 is 1.92 bits per heavy atom. The van der Waals surface area contributed by atoms with Crippen LogP contribution in [0.3, 0.4) is 0 Å². The lowest BCUT2D eigenvalue weighted by atomic mass is 9.43. The maximum absolute atomic E-state index is 13.7. The highest BCUT2D eigenvalue weighted by molar-refractivity contribution is 7.90. The zero-order chi connectivity index (χ0) is 26.8. The quantitative estimate of drug-likeness (QED) is 0.336. The lowest BCUT2D eigenvalue weighted by molar-refractivity contribution is -0.229. The van der Waals surface area contributed by atoms with Gasteiger partial charge in [0.05, 0.1) is 7.11 Å². The number of methoxy groups -OCH3 is 2. The molecule has 210 valence electrons. The molecule has 1 spiro atoms. The summed E-state index contributed by atoms with van der Waals surface area (Å²) in [4.78, 5) is 2.86. The standard InChI is InChI=1S/C33H43NO4S/c1-4-16-34(19-22-10-11-22)27-17-24-12-13-26(36-2)30-28(24)29-31(38-30)33(37-3)15-14-32(27,29)18-25(33)21-39(35)20-23-8-6-5-7-9-23/h5-9,12-13,22,25,27,29,31H,4,10-11,14-21H2,1-3H3/t25-,27-,29?,31-,32-,33-,39?/m1/s1. The first-order valence-corrected chi connectivity index (χ1v) is 16.6. The molecule has 6 aliphatic rings. The van der Waals surface area contributed by atoms with E-state index in [2.05, 4.69) is 36.1 Å². The SMILES string of the molecule is CCCN(CC1CC1)[C@@H]1Cc2ccc(OC)c3c2C2[C@@H](O3)[C@@]3(OC)CC[C@]21C[C@@H]3C[S+]([O-])Cc1ccccc1. The van der Waals surface area contributed by atoms with Gasteiger partial charge in [-0.15, -0.1) is 0 Å². The molecule has 39 heavy (non-hydrogen) atoms. The van der Waals surface area contributed by atoms with Gasteiger partial charge in [-0.1, -0.05) is 43.3 Å². The van der Waals surface area contributed by atoms with Crippen molar-refractivity contribution in [2.45, 2.75) is 81.3 Å². The van der Waals surface area contributed by atoms with Gasteiger partial charge in [-0.25, -0.2) is 0 Å². The third kappa shape index (κ3) is 4.07. The van der Waals surface area contributed by atoms with Crippen LogP contribution >= 0.6 is 0 Å². The summed E-state index contributed by atoms with van der Waals surface area (Å²) in [5, 5.41) is 0. The summed E-state index contributed by atoms with van der Waals surface area (Å²) in [5.41, 5.74) is 3.67. The molecule has 2 aromatic carbocycles. The molecule has 1 heterocycles. The Labute approximate surface area is 236 Å². The molecule has 7 atom stereocenters. The minimum atomic E-state index is -0.965. The molecule has 0 amide bonds. The molecule has 4 fully saturated rings. The van der Waals surface area contributed by atoms with Crippen molar-refractivity contribution < 1.29 is 18.8 Å². The average Bonchev–Trinajstić information content (AvgIpc) is 3.67. The molecule has 0 radical (unpaired) electrons. The summed E-state index contributed by atoms with van der Waals surface area (Å²) < 4.78 is 33.1. The normalized spacial score (nSPS) is 34.6. The van der Waals surface area contributed by atoms with Crippen LogP contribution in [0.5, 0.6) is 11.5 Å². The summed E-state index contributed by atoms with van der Waals surface area (Å²) in [6.07, 6.45) is 8.14. The Morgan fingerprint density at radius 1 is 1.10 bits per heavy atom. The molecule has 1 aliphatic heterocycles. The molecule has 0 N–H and O–H groups in total. The zero-order valence-electron chi connectivity index (χ0n) is 23.7. The highest BCUT2D eigenvalue weighted by Gasteiger charge is 2.73. The molecule has 5 aliphatic carbocycles. The Hall–Kier alpha value is -1.73. The van der Waals surface area contributed by atoms with Crippen molar-refractivity contribution in [3.63, 3.8) is 0 Å². The van der Waals surface area contributed by atoms with Crippen LogP contribution in [-0.2, 0) is 28.1 Å². The van der Waals surface area contributed by atoms with Crippen LogP contribution in [0.1, 0.15) is 68.1 Å². The van der Waals surface area contributed by atoms with E-state index in [1.165, 1.54) is 36.9 Å². The Kier molecular flexibility index (Phi) is 6.69. The number of fused-ring (bicyclic) bond motifs is 2. The smallest absolute Gasteiger partial charge is 0.165 e. The highest BCUT2D eigenvalue weighted by Crippen LogP contribution is 2.72. The monoisotopic (exact) mass is 549 g/mol. The second-order valence-corrected chi connectivity index (χ2v) is 14.4. The Balaban J connectivity index is 1.29. The van der Waals surface area contributed by atoms with Crippen LogP contribution in [0.2, 0.25) is 0 Å². The summed E-state index contributed by atoms with van der Waals surface area (Å²) in [7, 11) is 3.62. The van der Waals surface area contributed by atoms with Crippen molar-refractivity contribution >= 4 is 11.2 Å². The van der Waals surface area contributed by atoms with Gasteiger partial charge in [0.2, 0.25) is 0 Å². The van der Waals surface area contributed by atoms with Crippen LogP contribution in [0, 0.1) is 17.3 Å². The molecule has 4 saturated carbocycles. The van der Waals surface area contributed by atoms with Crippen LogP contribution < -0.4 is 9.47 Å².